The third-order valence-corrected chi connectivity index (χ3v) is 8.59. The standard InChI is InChI=1S/C28H31N7O3/c1-14-20-11-19(12-29)35(24(14)20)23(36)13-34-7-6-28(27(32)33)21-4-2-15(25(30)37)8-17(21)10-18-9-16(26(31)38)3-5-22(18)28/h2-5,8-9,14,19-20,24,34H,6-7,10-11,13H2,1H3,(H2,30,37)(H2,31,38)(H3,32,33)/t14-,19?,20?,24?/m0/s1. The number of benzene rings is 2. The molecule has 0 bridgehead atoms. The lowest BCUT2D eigenvalue weighted by atomic mass is 9.63. The van der Waals surface area contributed by atoms with Gasteiger partial charge >= 0.3 is 0 Å². The highest BCUT2D eigenvalue weighted by atomic mass is 16.2. The van der Waals surface area contributed by atoms with Crippen molar-refractivity contribution in [3.63, 3.8) is 0 Å². The molecule has 0 spiro atoms. The largest absolute Gasteiger partial charge is 0.387 e. The first-order chi connectivity index (χ1) is 18.1. The minimum absolute atomic E-state index is 0.0725. The summed E-state index contributed by atoms with van der Waals surface area (Å²) in [5, 5.41) is 21.4. The normalized spacial score (nSPS) is 23.9. The van der Waals surface area contributed by atoms with Crippen LogP contribution >= 0.6 is 0 Å². The van der Waals surface area contributed by atoms with Crippen molar-refractivity contribution in [1.82, 2.24) is 10.2 Å². The molecule has 196 valence electrons. The van der Waals surface area contributed by atoms with Gasteiger partial charge in [-0.1, -0.05) is 19.1 Å². The van der Waals surface area contributed by atoms with E-state index in [1.807, 2.05) is 0 Å². The van der Waals surface area contributed by atoms with E-state index in [-0.39, 0.29) is 30.4 Å². The molecule has 5 rings (SSSR count). The Balaban J connectivity index is 1.43. The zero-order chi connectivity index (χ0) is 27.4. The summed E-state index contributed by atoms with van der Waals surface area (Å²) in [4.78, 5) is 38.5. The van der Waals surface area contributed by atoms with Crippen LogP contribution in [0.1, 0.15) is 62.7 Å². The average molecular weight is 514 g/mol. The van der Waals surface area contributed by atoms with Crippen molar-refractivity contribution < 1.29 is 14.4 Å². The number of hydrogen-bond donors (Lipinski definition) is 5. The summed E-state index contributed by atoms with van der Waals surface area (Å²) < 4.78 is 0. The summed E-state index contributed by atoms with van der Waals surface area (Å²) in [5.74, 6) is -0.492. The maximum Gasteiger partial charge on any atom is 0.248 e. The average Bonchev–Trinajstić information content (AvgIpc) is 3.32. The molecule has 2 aromatic rings. The molecular weight excluding hydrogens is 482 g/mol. The smallest absolute Gasteiger partial charge is 0.248 e. The molecule has 0 radical (unpaired) electrons. The number of amides is 3. The van der Waals surface area contributed by atoms with E-state index in [9.17, 15) is 19.6 Å². The first-order valence-corrected chi connectivity index (χ1v) is 12.7. The molecule has 1 saturated heterocycles. The Labute approximate surface area is 220 Å². The van der Waals surface area contributed by atoms with Crippen LogP contribution in [0.15, 0.2) is 36.4 Å². The van der Waals surface area contributed by atoms with Crippen LogP contribution in [0.3, 0.4) is 0 Å². The number of nitrogens with two attached hydrogens (primary N) is 3. The van der Waals surface area contributed by atoms with Gasteiger partial charge in [0, 0.05) is 17.2 Å². The van der Waals surface area contributed by atoms with E-state index in [4.69, 9.17) is 22.6 Å². The predicted molar refractivity (Wildman–Crippen MR) is 140 cm³/mol. The van der Waals surface area contributed by atoms with Gasteiger partial charge in [-0.05, 0) is 84.2 Å². The van der Waals surface area contributed by atoms with Crippen LogP contribution in [0, 0.1) is 28.6 Å². The molecule has 2 fully saturated rings. The number of amidine groups is 1. The van der Waals surface area contributed by atoms with Crippen molar-refractivity contribution in [3.8, 4) is 6.07 Å². The summed E-state index contributed by atoms with van der Waals surface area (Å²) in [6.07, 6.45) is 1.50. The van der Waals surface area contributed by atoms with Gasteiger partial charge in [0.05, 0.1) is 18.0 Å². The molecule has 2 aromatic carbocycles. The maximum atomic E-state index is 13.0. The number of nitrogens with zero attached hydrogens (tertiary/aromatic N) is 2. The molecule has 1 saturated carbocycles. The summed E-state index contributed by atoms with van der Waals surface area (Å²) in [5.41, 5.74) is 20.1. The Morgan fingerprint density at radius 2 is 1.66 bits per heavy atom. The minimum Gasteiger partial charge on any atom is -0.387 e. The maximum absolute atomic E-state index is 13.0. The number of carbonyl (C=O) groups excluding carboxylic acids is 3. The summed E-state index contributed by atoms with van der Waals surface area (Å²) in [6.45, 7) is 2.54. The number of carbonyl (C=O) groups is 3. The van der Waals surface area contributed by atoms with E-state index in [1.54, 1.807) is 41.3 Å². The Kier molecular flexibility index (Phi) is 6.19. The molecule has 10 heteroatoms. The van der Waals surface area contributed by atoms with Crippen LogP contribution in [0.2, 0.25) is 0 Å². The molecule has 0 aromatic heterocycles. The number of nitriles is 1. The van der Waals surface area contributed by atoms with Crippen molar-refractivity contribution in [1.29, 1.82) is 10.7 Å². The lowest BCUT2D eigenvalue weighted by Gasteiger charge is -2.40. The second-order valence-corrected chi connectivity index (χ2v) is 10.6. The van der Waals surface area contributed by atoms with E-state index < -0.39 is 17.2 Å². The van der Waals surface area contributed by atoms with Gasteiger partial charge in [-0.15, -0.1) is 0 Å². The van der Waals surface area contributed by atoms with Gasteiger partial charge in [-0.25, -0.2) is 0 Å². The third-order valence-electron chi connectivity index (χ3n) is 8.59. The quantitative estimate of drug-likeness (QED) is 0.196. The van der Waals surface area contributed by atoms with Crippen molar-refractivity contribution in [2.75, 3.05) is 13.1 Å². The molecule has 3 unspecified atom stereocenters. The van der Waals surface area contributed by atoms with Crippen LogP contribution in [0.5, 0.6) is 0 Å². The molecule has 4 atom stereocenters. The second kappa shape index (κ2) is 9.26. The molecule has 2 aliphatic carbocycles. The molecule has 1 aliphatic heterocycles. The fraction of sp³-hybridized carbons (Fsp3) is 0.393. The number of likely N-dealkylation sites (tertiary alicyclic amines) is 1. The van der Waals surface area contributed by atoms with Gasteiger partial charge in [-0.3, -0.25) is 19.8 Å². The molecular formula is C28H31N7O3. The molecule has 8 N–H and O–H groups in total. The van der Waals surface area contributed by atoms with Gasteiger partial charge in [0.25, 0.3) is 0 Å². The van der Waals surface area contributed by atoms with Crippen LogP contribution in [-0.4, -0.2) is 53.6 Å². The summed E-state index contributed by atoms with van der Waals surface area (Å²) in [7, 11) is 0. The van der Waals surface area contributed by atoms with Crippen molar-refractivity contribution in [2.24, 2.45) is 29.0 Å². The number of piperidine rings is 1. The minimum atomic E-state index is -1.05. The highest BCUT2D eigenvalue weighted by molar-refractivity contribution is 5.98. The van der Waals surface area contributed by atoms with Gasteiger partial charge < -0.3 is 27.4 Å². The SMILES string of the molecule is C[C@H]1C2CC(C#N)N(C(=O)CNCCC3(C(=N)N)c4ccc(C(N)=O)cc4Cc4cc(C(N)=O)ccc43)C21. The molecule has 1 heterocycles. The van der Waals surface area contributed by atoms with Crippen molar-refractivity contribution in [2.45, 2.75) is 43.7 Å². The van der Waals surface area contributed by atoms with Crippen LogP contribution < -0.4 is 22.5 Å². The number of primary amides is 2. The molecule has 3 aliphatic rings. The lowest BCUT2D eigenvalue weighted by Crippen LogP contribution is -2.48. The van der Waals surface area contributed by atoms with E-state index in [0.717, 1.165) is 28.7 Å². The zero-order valence-corrected chi connectivity index (χ0v) is 21.2. The Morgan fingerprint density at radius 1 is 1.08 bits per heavy atom. The summed E-state index contributed by atoms with van der Waals surface area (Å²) >= 11 is 0. The fourth-order valence-electron chi connectivity index (χ4n) is 6.60. The number of rotatable bonds is 8. The van der Waals surface area contributed by atoms with E-state index >= 15 is 0 Å². The number of hydrogen-bond acceptors (Lipinski definition) is 6. The van der Waals surface area contributed by atoms with Crippen LogP contribution in [0.4, 0.5) is 0 Å². The Hall–Kier alpha value is -4.23. The lowest BCUT2D eigenvalue weighted by molar-refractivity contribution is -0.131. The Bertz CT molecular complexity index is 1350. The number of nitrogens with one attached hydrogen (secondary N) is 2. The fourth-order valence-corrected chi connectivity index (χ4v) is 6.60. The highest BCUT2D eigenvalue weighted by Crippen LogP contribution is 2.52. The van der Waals surface area contributed by atoms with Crippen LogP contribution in [-0.2, 0) is 16.6 Å². The molecule has 38 heavy (non-hydrogen) atoms. The van der Waals surface area contributed by atoms with E-state index in [1.165, 1.54) is 0 Å². The number of fused-ring (bicyclic) bond motifs is 3. The summed E-state index contributed by atoms with van der Waals surface area (Å²) in [6, 6.07) is 12.2. The highest BCUT2D eigenvalue weighted by Gasteiger charge is 2.60. The van der Waals surface area contributed by atoms with Gasteiger partial charge in [0.1, 0.15) is 11.9 Å². The molecule has 10 nitrogen and oxygen atoms in total. The van der Waals surface area contributed by atoms with Gasteiger partial charge in [-0.2, -0.15) is 5.26 Å². The zero-order valence-electron chi connectivity index (χ0n) is 21.2. The van der Waals surface area contributed by atoms with Gasteiger partial charge in [0.2, 0.25) is 17.7 Å². The Morgan fingerprint density at radius 3 is 2.16 bits per heavy atom. The molecule has 3 amide bonds. The first-order valence-electron chi connectivity index (χ1n) is 12.7. The van der Waals surface area contributed by atoms with Crippen molar-refractivity contribution in [3.05, 3.63) is 69.8 Å². The van der Waals surface area contributed by atoms with Gasteiger partial charge in [0.15, 0.2) is 0 Å². The first kappa shape index (κ1) is 25.4. The van der Waals surface area contributed by atoms with Crippen molar-refractivity contribution >= 4 is 23.6 Å². The third kappa shape index (κ3) is 3.90. The second-order valence-electron chi connectivity index (χ2n) is 10.6. The predicted octanol–water partition coefficient (Wildman–Crippen LogP) is 0.749. The van der Waals surface area contributed by atoms with E-state index in [0.29, 0.717) is 42.3 Å². The topological polar surface area (TPSA) is 192 Å². The van der Waals surface area contributed by atoms with Crippen LogP contribution in [0.25, 0.3) is 0 Å². The van der Waals surface area contributed by atoms with E-state index in [2.05, 4.69) is 18.3 Å². The monoisotopic (exact) mass is 513 g/mol.